The molecule has 0 unspecified atom stereocenters. The molecule has 1 amide bonds. The molecule has 5 nitrogen and oxygen atoms in total. The number of rotatable bonds is 5. The number of piperidine rings is 1. The predicted molar refractivity (Wildman–Crippen MR) is 99.9 cm³/mol. The van der Waals surface area contributed by atoms with E-state index in [-0.39, 0.29) is 11.5 Å². The van der Waals surface area contributed by atoms with Crippen molar-refractivity contribution < 1.29 is 9.53 Å². The smallest absolute Gasteiger partial charge is 0.231 e. The Morgan fingerprint density at radius 1 is 1.12 bits per heavy atom. The number of amides is 1. The van der Waals surface area contributed by atoms with E-state index in [0.717, 1.165) is 51.2 Å². The molecule has 0 atom stereocenters. The molecule has 0 saturated carbocycles. The lowest BCUT2D eigenvalue weighted by Crippen LogP contribution is -2.64. The minimum atomic E-state index is -0.278. The van der Waals surface area contributed by atoms with Crippen LogP contribution in [0.2, 0.25) is 0 Å². The first-order chi connectivity index (χ1) is 12.8. The Bertz CT molecular complexity index is 723. The lowest BCUT2D eigenvalue weighted by Gasteiger charge is -2.45. The molecule has 1 N–H and O–H groups in total. The molecule has 3 heterocycles. The Kier molecular flexibility index (Phi) is 4.89. The van der Waals surface area contributed by atoms with E-state index in [0.29, 0.717) is 5.91 Å². The number of benzene rings is 1. The Hall–Kier alpha value is -2.40. The minimum Gasteiger partial charge on any atom is -0.490 e. The van der Waals surface area contributed by atoms with Gasteiger partial charge in [-0.05, 0) is 24.1 Å². The van der Waals surface area contributed by atoms with Crippen LogP contribution >= 0.6 is 0 Å². The van der Waals surface area contributed by atoms with Gasteiger partial charge in [0.1, 0.15) is 11.9 Å². The maximum absolute atomic E-state index is 13.2. The zero-order chi connectivity index (χ0) is 17.8. The monoisotopic (exact) mass is 351 g/mol. The van der Waals surface area contributed by atoms with Gasteiger partial charge in [0.05, 0.1) is 5.41 Å². The molecule has 0 bridgehead atoms. The SMILES string of the molecule is O=C(N1CCC(Oc2ccncc2)CC1)C1(Cc2ccccc2)CNC1. The van der Waals surface area contributed by atoms with Crippen LogP contribution in [0.1, 0.15) is 18.4 Å². The zero-order valence-electron chi connectivity index (χ0n) is 14.9. The second kappa shape index (κ2) is 7.46. The van der Waals surface area contributed by atoms with E-state index in [1.807, 2.05) is 35.2 Å². The van der Waals surface area contributed by atoms with Crippen LogP contribution < -0.4 is 10.1 Å². The van der Waals surface area contributed by atoms with Crippen LogP contribution in [0.5, 0.6) is 5.75 Å². The van der Waals surface area contributed by atoms with E-state index in [9.17, 15) is 4.79 Å². The second-order valence-electron chi connectivity index (χ2n) is 7.34. The van der Waals surface area contributed by atoms with Crippen LogP contribution in [0.4, 0.5) is 0 Å². The van der Waals surface area contributed by atoms with E-state index < -0.39 is 0 Å². The first-order valence-electron chi connectivity index (χ1n) is 9.36. The average molecular weight is 351 g/mol. The molecule has 2 saturated heterocycles. The summed E-state index contributed by atoms with van der Waals surface area (Å²) >= 11 is 0. The summed E-state index contributed by atoms with van der Waals surface area (Å²) in [6, 6.07) is 14.1. The molecular formula is C21H25N3O2. The molecule has 0 radical (unpaired) electrons. The van der Waals surface area contributed by atoms with E-state index in [2.05, 4.69) is 22.4 Å². The van der Waals surface area contributed by atoms with E-state index in [1.165, 1.54) is 5.56 Å². The summed E-state index contributed by atoms with van der Waals surface area (Å²) in [6.07, 6.45) is 6.22. The van der Waals surface area contributed by atoms with E-state index in [4.69, 9.17) is 4.74 Å². The number of likely N-dealkylation sites (tertiary alicyclic amines) is 1. The van der Waals surface area contributed by atoms with Crippen molar-refractivity contribution in [3.63, 3.8) is 0 Å². The molecule has 5 heteroatoms. The van der Waals surface area contributed by atoms with Gasteiger partial charge >= 0.3 is 0 Å². The number of carbonyl (C=O) groups excluding carboxylic acids is 1. The van der Waals surface area contributed by atoms with Gasteiger partial charge in [0.25, 0.3) is 0 Å². The quantitative estimate of drug-likeness (QED) is 0.898. The molecule has 0 spiro atoms. The zero-order valence-corrected chi connectivity index (χ0v) is 14.9. The third-order valence-corrected chi connectivity index (χ3v) is 5.45. The normalized spacial score (nSPS) is 19.6. The maximum atomic E-state index is 13.2. The van der Waals surface area contributed by atoms with Crippen LogP contribution in [0.25, 0.3) is 0 Å². The number of hydrogen-bond donors (Lipinski definition) is 1. The van der Waals surface area contributed by atoms with Gasteiger partial charge in [-0.2, -0.15) is 0 Å². The number of aromatic nitrogens is 1. The third kappa shape index (κ3) is 3.58. The summed E-state index contributed by atoms with van der Waals surface area (Å²) < 4.78 is 6.01. The van der Waals surface area contributed by atoms with Crippen molar-refractivity contribution in [2.45, 2.75) is 25.4 Å². The van der Waals surface area contributed by atoms with Crippen molar-refractivity contribution in [3.05, 3.63) is 60.4 Å². The Balaban J connectivity index is 1.35. The molecule has 2 aromatic rings. The highest BCUT2D eigenvalue weighted by Gasteiger charge is 2.46. The average Bonchev–Trinajstić information content (AvgIpc) is 2.66. The molecule has 2 aliphatic heterocycles. The summed E-state index contributed by atoms with van der Waals surface area (Å²) in [5.74, 6) is 1.15. The fraction of sp³-hybridized carbons (Fsp3) is 0.429. The third-order valence-electron chi connectivity index (χ3n) is 5.45. The first-order valence-corrected chi connectivity index (χ1v) is 9.36. The second-order valence-corrected chi connectivity index (χ2v) is 7.34. The number of hydrogen-bond acceptors (Lipinski definition) is 4. The summed E-state index contributed by atoms with van der Waals surface area (Å²) in [7, 11) is 0. The van der Waals surface area contributed by atoms with Crippen molar-refractivity contribution in [3.8, 4) is 5.75 Å². The molecular weight excluding hydrogens is 326 g/mol. The number of nitrogens with zero attached hydrogens (tertiary/aromatic N) is 2. The maximum Gasteiger partial charge on any atom is 0.231 e. The number of pyridine rings is 1. The fourth-order valence-electron chi connectivity index (χ4n) is 3.89. The van der Waals surface area contributed by atoms with Crippen molar-refractivity contribution in [2.75, 3.05) is 26.2 Å². The van der Waals surface area contributed by atoms with Gasteiger partial charge in [-0.25, -0.2) is 0 Å². The minimum absolute atomic E-state index is 0.172. The highest BCUT2D eigenvalue weighted by Crippen LogP contribution is 2.32. The topological polar surface area (TPSA) is 54.5 Å². The summed E-state index contributed by atoms with van der Waals surface area (Å²) in [5.41, 5.74) is 0.957. The molecule has 26 heavy (non-hydrogen) atoms. The van der Waals surface area contributed by atoms with Gasteiger partial charge in [0.2, 0.25) is 5.91 Å². The largest absolute Gasteiger partial charge is 0.490 e. The lowest BCUT2D eigenvalue weighted by molar-refractivity contribution is -0.147. The summed E-state index contributed by atoms with van der Waals surface area (Å²) in [6.45, 7) is 3.08. The van der Waals surface area contributed by atoms with Gasteiger partial charge in [-0.1, -0.05) is 30.3 Å². The Morgan fingerprint density at radius 2 is 1.81 bits per heavy atom. The van der Waals surface area contributed by atoms with Crippen LogP contribution in [0, 0.1) is 5.41 Å². The van der Waals surface area contributed by atoms with Crippen molar-refractivity contribution >= 4 is 5.91 Å². The molecule has 0 aliphatic carbocycles. The van der Waals surface area contributed by atoms with Gasteiger partial charge in [0.15, 0.2) is 0 Å². The first kappa shape index (κ1) is 17.0. The molecule has 1 aromatic heterocycles. The van der Waals surface area contributed by atoms with Crippen LogP contribution in [-0.4, -0.2) is 48.1 Å². The van der Waals surface area contributed by atoms with E-state index in [1.54, 1.807) is 12.4 Å². The standard InChI is InChI=1S/C21H25N3O2/c25-20(21(15-23-16-21)14-17-4-2-1-3-5-17)24-12-8-19(9-13-24)26-18-6-10-22-11-7-18/h1-7,10-11,19,23H,8-9,12-16H2. The molecule has 1 aromatic carbocycles. The highest BCUT2D eigenvalue weighted by molar-refractivity contribution is 5.85. The number of carbonyl (C=O) groups is 1. The fourth-order valence-corrected chi connectivity index (χ4v) is 3.89. The predicted octanol–water partition coefficient (Wildman–Crippen LogP) is 2.28. The van der Waals surface area contributed by atoms with Gasteiger partial charge in [-0.3, -0.25) is 9.78 Å². The van der Waals surface area contributed by atoms with Gasteiger partial charge in [-0.15, -0.1) is 0 Å². The molecule has 2 fully saturated rings. The van der Waals surface area contributed by atoms with Crippen molar-refractivity contribution in [2.24, 2.45) is 5.41 Å². The van der Waals surface area contributed by atoms with Crippen LogP contribution in [-0.2, 0) is 11.2 Å². The number of nitrogens with one attached hydrogen (secondary N) is 1. The Labute approximate surface area is 154 Å². The number of ether oxygens (including phenoxy) is 1. The van der Waals surface area contributed by atoms with Crippen LogP contribution in [0.15, 0.2) is 54.9 Å². The summed E-state index contributed by atoms with van der Waals surface area (Å²) in [5, 5.41) is 3.31. The Morgan fingerprint density at radius 3 is 2.42 bits per heavy atom. The lowest BCUT2D eigenvalue weighted by atomic mass is 9.74. The molecule has 4 rings (SSSR count). The molecule has 2 aliphatic rings. The van der Waals surface area contributed by atoms with Gasteiger partial charge in [0, 0.05) is 51.4 Å². The van der Waals surface area contributed by atoms with E-state index >= 15 is 0 Å². The van der Waals surface area contributed by atoms with Crippen molar-refractivity contribution in [1.82, 2.24) is 15.2 Å². The highest BCUT2D eigenvalue weighted by atomic mass is 16.5. The van der Waals surface area contributed by atoms with Crippen molar-refractivity contribution in [1.29, 1.82) is 0 Å². The summed E-state index contributed by atoms with van der Waals surface area (Å²) in [4.78, 5) is 19.3. The van der Waals surface area contributed by atoms with Gasteiger partial charge < -0.3 is 15.0 Å². The molecule has 136 valence electrons. The van der Waals surface area contributed by atoms with Crippen LogP contribution in [0.3, 0.4) is 0 Å².